The van der Waals surface area contributed by atoms with Crippen molar-refractivity contribution >= 4 is 56.8 Å². The smallest absolute Gasteiger partial charge is 0.274 e. The maximum Gasteiger partial charge on any atom is 0.274 e. The second-order valence-corrected chi connectivity index (χ2v) is 5.68. The summed E-state index contributed by atoms with van der Waals surface area (Å²) in [4.78, 5) is 0. The van der Waals surface area contributed by atoms with Gasteiger partial charge in [0.15, 0.2) is 0 Å². The van der Waals surface area contributed by atoms with E-state index in [1.807, 2.05) is 0 Å². The Bertz CT molecular complexity index is 596. The first-order valence-corrected chi connectivity index (χ1v) is 7.33. The van der Waals surface area contributed by atoms with Gasteiger partial charge in [0.2, 0.25) is 0 Å². The van der Waals surface area contributed by atoms with Crippen LogP contribution < -0.4 is 5.11 Å². The predicted octanol–water partition coefficient (Wildman–Crippen LogP) is 2.29. The molecule has 0 amide bonds. The second-order valence-electron chi connectivity index (χ2n) is 3.11. The summed E-state index contributed by atoms with van der Waals surface area (Å²) < 4.78 is 25.6. The standard InChI is InChI=1S/C10H8Cl3NO3S/c11-6-10(15)14-18(16,17)4-3-7-1-2-8(12)9(13)5-7/h1-5H,6H2,(H,14,15)/p-1/b4-3+. The quantitative estimate of drug-likeness (QED) is 0.484. The number of rotatable bonds is 4. The van der Waals surface area contributed by atoms with Gasteiger partial charge in [0.1, 0.15) is 0 Å². The molecule has 0 fully saturated rings. The lowest BCUT2D eigenvalue weighted by molar-refractivity contribution is -0.214. The Labute approximate surface area is 120 Å². The van der Waals surface area contributed by atoms with Crippen molar-refractivity contribution in [3.63, 3.8) is 0 Å². The first kappa shape index (κ1) is 15.3. The number of benzene rings is 1. The summed E-state index contributed by atoms with van der Waals surface area (Å²) in [5, 5.41) is 12.2. The van der Waals surface area contributed by atoms with E-state index in [9.17, 15) is 13.5 Å². The summed E-state index contributed by atoms with van der Waals surface area (Å²) in [6.07, 6.45) is 1.25. The van der Waals surface area contributed by atoms with E-state index in [2.05, 4.69) is 4.40 Å². The van der Waals surface area contributed by atoms with Gasteiger partial charge in [-0.1, -0.05) is 29.3 Å². The molecule has 0 aliphatic heterocycles. The third kappa shape index (κ3) is 4.86. The van der Waals surface area contributed by atoms with Gasteiger partial charge in [0.25, 0.3) is 10.0 Å². The molecule has 4 nitrogen and oxygen atoms in total. The fraction of sp³-hybridized carbons (Fsp3) is 0.100. The third-order valence-electron chi connectivity index (χ3n) is 1.72. The Hall–Kier alpha value is -0.750. The maximum absolute atomic E-state index is 11.3. The Morgan fingerprint density at radius 3 is 2.56 bits per heavy atom. The fourth-order valence-corrected chi connectivity index (χ4v) is 2.15. The molecule has 0 unspecified atom stereocenters. The van der Waals surface area contributed by atoms with Crippen molar-refractivity contribution in [3.05, 3.63) is 39.2 Å². The normalized spacial score (nSPS) is 13.2. The van der Waals surface area contributed by atoms with Gasteiger partial charge < -0.3 is 5.11 Å². The zero-order valence-corrected chi connectivity index (χ0v) is 11.9. The lowest BCUT2D eigenvalue weighted by atomic mass is 10.2. The van der Waals surface area contributed by atoms with E-state index in [1.165, 1.54) is 18.2 Å². The van der Waals surface area contributed by atoms with Crippen LogP contribution in [0.25, 0.3) is 6.08 Å². The maximum atomic E-state index is 11.3. The highest BCUT2D eigenvalue weighted by atomic mass is 35.5. The van der Waals surface area contributed by atoms with E-state index >= 15 is 0 Å². The van der Waals surface area contributed by atoms with Crippen LogP contribution in [0.1, 0.15) is 5.56 Å². The first-order valence-electron chi connectivity index (χ1n) is 4.54. The van der Waals surface area contributed by atoms with Gasteiger partial charge >= 0.3 is 0 Å². The van der Waals surface area contributed by atoms with Crippen LogP contribution in [0.4, 0.5) is 0 Å². The molecule has 0 aliphatic rings. The fourth-order valence-electron chi connectivity index (χ4n) is 0.977. The van der Waals surface area contributed by atoms with Crippen LogP contribution in [0.5, 0.6) is 0 Å². The second kappa shape index (κ2) is 6.43. The van der Waals surface area contributed by atoms with Crippen molar-refractivity contribution in [1.29, 1.82) is 0 Å². The van der Waals surface area contributed by atoms with Gasteiger partial charge in [-0.25, -0.2) is 0 Å². The third-order valence-corrected chi connectivity index (χ3v) is 3.63. The zero-order chi connectivity index (χ0) is 13.8. The average Bonchev–Trinajstić information content (AvgIpc) is 2.30. The average molecular weight is 328 g/mol. The number of hydrogen-bond acceptors (Lipinski definition) is 3. The lowest BCUT2D eigenvalue weighted by Gasteiger charge is -2.03. The largest absolute Gasteiger partial charge is 0.860 e. The lowest BCUT2D eigenvalue weighted by Crippen LogP contribution is -2.20. The molecule has 98 valence electrons. The van der Waals surface area contributed by atoms with Crippen LogP contribution in [0.3, 0.4) is 0 Å². The highest BCUT2D eigenvalue weighted by Crippen LogP contribution is 2.23. The molecule has 0 spiro atoms. The van der Waals surface area contributed by atoms with E-state index in [1.54, 1.807) is 6.07 Å². The molecule has 0 N–H and O–H groups in total. The monoisotopic (exact) mass is 326 g/mol. The summed E-state index contributed by atoms with van der Waals surface area (Å²) in [6, 6.07) is 4.58. The molecule has 1 rings (SSSR count). The van der Waals surface area contributed by atoms with E-state index in [-0.39, 0.29) is 0 Å². The summed E-state index contributed by atoms with van der Waals surface area (Å²) in [5.41, 5.74) is 0.515. The van der Waals surface area contributed by atoms with Crippen molar-refractivity contribution in [2.45, 2.75) is 0 Å². The zero-order valence-electron chi connectivity index (χ0n) is 8.81. The molecular weight excluding hydrogens is 321 g/mol. The number of alkyl halides is 1. The molecule has 1 aromatic rings. The Balaban J connectivity index is 2.96. The molecular formula is C10H7Cl3NO3S-. The molecule has 0 saturated carbocycles. The summed E-state index contributed by atoms with van der Waals surface area (Å²) in [7, 11) is -3.98. The van der Waals surface area contributed by atoms with Crippen LogP contribution >= 0.6 is 34.8 Å². The minimum atomic E-state index is -3.98. The van der Waals surface area contributed by atoms with Gasteiger partial charge in [-0.2, -0.15) is 12.8 Å². The highest BCUT2D eigenvalue weighted by molar-refractivity contribution is 7.93. The van der Waals surface area contributed by atoms with Crippen LogP contribution in [0, 0.1) is 0 Å². The molecule has 0 heterocycles. The van der Waals surface area contributed by atoms with Crippen LogP contribution in [0.15, 0.2) is 28.0 Å². The van der Waals surface area contributed by atoms with E-state index in [0.29, 0.717) is 15.6 Å². The molecule has 0 aliphatic carbocycles. The Kier molecular flexibility index (Phi) is 5.47. The molecule has 0 aromatic heterocycles. The van der Waals surface area contributed by atoms with Gasteiger partial charge in [-0.05, 0) is 29.7 Å². The van der Waals surface area contributed by atoms with Gasteiger partial charge in [-0.15, -0.1) is 11.6 Å². The molecule has 0 radical (unpaired) electrons. The minimum absolute atomic E-state index is 0.296. The van der Waals surface area contributed by atoms with E-state index in [4.69, 9.17) is 34.8 Å². The predicted molar refractivity (Wildman–Crippen MR) is 72.6 cm³/mol. The number of nitrogens with zero attached hydrogens (tertiary/aromatic N) is 1. The molecule has 0 bridgehead atoms. The van der Waals surface area contributed by atoms with Gasteiger partial charge in [0, 0.05) is 0 Å². The van der Waals surface area contributed by atoms with Gasteiger partial charge in [-0.3, -0.25) is 0 Å². The first-order chi connectivity index (χ1) is 8.34. The van der Waals surface area contributed by atoms with Crippen molar-refractivity contribution in [1.82, 2.24) is 0 Å². The molecule has 0 saturated heterocycles. The number of halogens is 3. The van der Waals surface area contributed by atoms with E-state index < -0.39 is 21.8 Å². The summed E-state index contributed by atoms with van der Waals surface area (Å²) in [5.74, 6) is -1.41. The summed E-state index contributed by atoms with van der Waals surface area (Å²) >= 11 is 16.6. The Morgan fingerprint density at radius 1 is 1.33 bits per heavy atom. The number of hydrogen-bond donors (Lipinski definition) is 0. The molecule has 18 heavy (non-hydrogen) atoms. The van der Waals surface area contributed by atoms with Crippen molar-refractivity contribution in [3.8, 4) is 0 Å². The minimum Gasteiger partial charge on any atom is -0.860 e. The van der Waals surface area contributed by atoms with Crippen molar-refractivity contribution in [2.75, 3.05) is 5.88 Å². The van der Waals surface area contributed by atoms with Crippen LogP contribution in [-0.4, -0.2) is 20.2 Å². The van der Waals surface area contributed by atoms with Crippen LogP contribution in [-0.2, 0) is 10.0 Å². The topological polar surface area (TPSA) is 69.6 Å². The molecule has 0 atom stereocenters. The highest BCUT2D eigenvalue weighted by Gasteiger charge is 2.02. The SMILES string of the molecule is O=S(=O)(/C=C/c1ccc(Cl)c(Cl)c1)/N=C(/[O-])CCl. The van der Waals surface area contributed by atoms with Crippen LogP contribution in [0.2, 0.25) is 10.0 Å². The Morgan fingerprint density at radius 2 is 2.00 bits per heavy atom. The number of sulfonamides is 1. The molecule has 8 heteroatoms. The van der Waals surface area contributed by atoms with Gasteiger partial charge in [0.05, 0.1) is 21.3 Å². The summed E-state index contributed by atoms with van der Waals surface area (Å²) in [6.45, 7) is 0. The van der Waals surface area contributed by atoms with E-state index in [0.717, 1.165) is 5.41 Å². The molecule has 1 aromatic carbocycles. The van der Waals surface area contributed by atoms with Crippen molar-refractivity contribution in [2.24, 2.45) is 4.40 Å². The van der Waals surface area contributed by atoms with Crippen molar-refractivity contribution < 1.29 is 13.5 Å².